The average Bonchev–Trinajstić information content (AvgIpc) is 3.49. The topological polar surface area (TPSA) is 58.6 Å². The van der Waals surface area contributed by atoms with E-state index in [2.05, 4.69) is 5.32 Å². The number of amides is 2. The molecule has 0 spiro atoms. The van der Waals surface area contributed by atoms with Crippen molar-refractivity contribution in [1.82, 2.24) is 10.2 Å². The van der Waals surface area contributed by atoms with Gasteiger partial charge in [0.05, 0.1) is 13.0 Å². The molecular weight excluding hydrogens is 395 g/mol. The summed E-state index contributed by atoms with van der Waals surface area (Å²) in [5.74, 6) is 0.199. The third kappa shape index (κ3) is 4.89. The largest absolute Gasteiger partial charge is 0.497 e. The summed E-state index contributed by atoms with van der Waals surface area (Å²) in [5.41, 5.74) is 1.84. The van der Waals surface area contributed by atoms with Crippen LogP contribution in [0.5, 0.6) is 5.75 Å². The molecular formula is C25H29FN2O3. The lowest BCUT2D eigenvalue weighted by molar-refractivity contribution is -0.134. The normalized spacial score (nSPS) is 21.3. The summed E-state index contributed by atoms with van der Waals surface area (Å²) in [7, 11) is 1.62. The molecule has 1 saturated carbocycles. The molecule has 2 aromatic carbocycles. The van der Waals surface area contributed by atoms with Crippen LogP contribution < -0.4 is 10.1 Å². The van der Waals surface area contributed by atoms with Gasteiger partial charge in [-0.3, -0.25) is 9.59 Å². The highest BCUT2D eigenvalue weighted by atomic mass is 19.1. The summed E-state index contributed by atoms with van der Waals surface area (Å²) in [6, 6.07) is 13.9. The van der Waals surface area contributed by atoms with E-state index in [-0.39, 0.29) is 35.4 Å². The van der Waals surface area contributed by atoms with Crippen molar-refractivity contribution in [3.05, 3.63) is 65.5 Å². The fourth-order valence-corrected chi connectivity index (χ4v) is 4.81. The van der Waals surface area contributed by atoms with Gasteiger partial charge in [-0.25, -0.2) is 4.39 Å². The maximum atomic E-state index is 13.2. The monoisotopic (exact) mass is 424 g/mol. The van der Waals surface area contributed by atoms with E-state index in [0.29, 0.717) is 19.6 Å². The first-order chi connectivity index (χ1) is 15.0. The summed E-state index contributed by atoms with van der Waals surface area (Å²) >= 11 is 0. The van der Waals surface area contributed by atoms with Gasteiger partial charge in [-0.15, -0.1) is 0 Å². The summed E-state index contributed by atoms with van der Waals surface area (Å²) < 4.78 is 18.5. The molecule has 0 radical (unpaired) electrons. The predicted molar refractivity (Wildman–Crippen MR) is 116 cm³/mol. The molecule has 2 atom stereocenters. The van der Waals surface area contributed by atoms with E-state index in [9.17, 15) is 14.0 Å². The first kappa shape index (κ1) is 21.3. The minimum atomic E-state index is -0.335. The maximum absolute atomic E-state index is 13.2. The van der Waals surface area contributed by atoms with Crippen LogP contribution in [0.2, 0.25) is 0 Å². The highest BCUT2D eigenvalue weighted by Crippen LogP contribution is 2.37. The second-order valence-corrected chi connectivity index (χ2v) is 8.56. The van der Waals surface area contributed by atoms with Gasteiger partial charge in [0.1, 0.15) is 11.6 Å². The summed E-state index contributed by atoms with van der Waals surface area (Å²) in [6.45, 7) is 1.29. The lowest BCUT2D eigenvalue weighted by Gasteiger charge is -2.20. The Morgan fingerprint density at radius 1 is 1.10 bits per heavy atom. The Bertz CT molecular complexity index is 925. The van der Waals surface area contributed by atoms with Crippen LogP contribution in [-0.4, -0.2) is 36.9 Å². The Morgan fingerprint density at radius 3 is 2.55 bits per heavy atom. The van der Waals surface area contributed by atoms with E-state index < -0.39 is 0 Å². The van der Waals surface area contributed by atoms with Crippen LogP contribution in [0.25, 0.3) is 0 Å². The third-order valence-corrected chi connectivity index (χ3v) is 6.57. The Balaban J connectivity index is 1.51. The van der Waals surface area contributed by atoms with E-state index in [1.54, 1.807) is 19.2 Å². The van der Waals surface area contributed by atoms with Gasteiger partial charge in [0.15, 0.2) is 0 Å². The first-order valence-corrected chi connectivity index (χ1v) is 11.0. The average molecular weight is 425 g/mol. The van der Waals surface area contributed by atoms with E-state index in [1.807, 2.05) is 29.2 Å². The Kier molecular flexibility index (Phi) is 6.54. The SMILES string of the molecule is COc1cccc([C@@H]2CN(C(=O)C3CCCC3)C[C@@H]2C(=O)NCc2ccc(F)cc2)c1. The maximum Gasteiger partial charge on any atom is 0.225 e. The minimum Gasteiger partial charge on any atom is -0.497 e. The van der Waals surface area contributed by atoms with Gasteiger partial charge in [-0.05, 0) is 48.2 Å². The number of hydrogen-bond acceptors (Lipinski definition) is 3. The lowest BCUT2D eigenvalue weighted by atomic mass is 9.88. The van der Waals surface area contributed by atoms with Crippen molar-refractivity contribution in [2.75, 3.05) is 20.2 Å². The smallest absolute Gasteiger partial charge is 0.225 e. The van der Waals surface area contributed by atoms with Crippen LogP contribution in [-0.2, 0) is 16.1 Å². The number of halogens is 1. The number of ether oxygens (including phenoxy) is 1. The van der Waals surface area contributed by atoms with Crippen LogP contribution in [0.15, 0.2) is 48.5 Å². The number of rotatable bonds is 6. The van der Waals surface area contributed by atoms with Crippen LogP contribution in [0.3, 0.4) is 0 Å². The number of likely N-dealkylation sites (tertiary alicyclic amines) is 1. The first-order valence-electron chi connectivity index (χ1n) is 11.0. The van der Waals surface area contributed by atoms with Crippen molar-refractivity contribution in [3.63, 3.8) is 0 Å². The molecule has 0 bridgehead atoms. The quantitative estimate of drug-likeness (QED) is 0.766. The predicted octanol–water partition coefficient (Wildman–Crippen LogP) is 3.88. The van der Waals surface area contributed by atoms with Gasteiger partial charge in [-0.1, -0.05) is 37.1 Å². The number of carbonyl (C=O) groups is 2. The highest BCUT2D eigenvalue weighted by Gasteiger charge is 2.42. The molecule has 1 N–H and O–H groups in total. The van der Waals surface area contributed by atoms with Gasteiger partial charge >= 0.3 is 0 Å². The molecule has 6 heteroatoms. The van der Waals surface area contributed by atoms with Crippen molar-refractivity contribution in [1.29, 1.82) is 0 Å². The van der Waals surface area contributed by atoms with Crippen molar-refractivity contribution in [3.8, 4) is 5.75 Å². The lowest BCUT2D eigenvalue weighted by Crippen LogP contribution is -2.36. The van der Waals surface area contributed by atoms with Crippen molar-refractivity contribution in [2.45, 2.75) is 38.1 Å². The van der Waals surface area contributed by atoms with Crippen LogP contribution in [0, 0.1) is 17.7 Å². The van der Waals surface area contributed by atoms with Gasteiger partial charge in [0.25, 0.3) is 0 Å². The molecule has 1 heterocycles. The van der Waals surface area contributed by atoms with E-state index >= 15 is 0 Å². The van der Waals surface area contributed by atoms with Crippen molar-refractivity contribution < 1.29 is 18.7 Å². The Morgan fingerprint density at radius 2 is 1.84 bits per heavy atom. The second kappa shape index (κ2) is 9.50. The molecule has 2 aromatic rings. The highest BCUT2D eigenvalue weighted by molar-refractivity contribution is 5.84. The van der Waals surface area contributed by atoms with Gasteiger partial charge in [0, 0.05) is 31.5 Å². The fraction of sp³-hybridized carbons (Fsp3) is 0.440. The summed E-state index contributed by atoms with van der Waals surface area (Å²) in [4.78, 5) is 28.1. The van der Waals surface area contributed by atoms with Crippen molar-refractivity contribution in [2.24, 2.45) is 11.8 Å². The molecule has 2 fully saturated rings. The van der Waals surface area contributed by atoms with E-state index in [0.717, 1.165) is 42.6 Å². The van der Waals surface area contributed by atoms with Gasteiger partial charge in [-0.2, -0.15) is 0 Å². The van der Waals surface area contributed by atoms with E-state index in [4.69, 9.17) is 4.74 Å². The number of benzene rings is 2. The molecule has 0 unspecified atom stereocenters. The fourth-order valence-electron chi connectivity index (χ4n) is 4.81. The zero-order valence-corrected chi connectivity index (χ0v) is 17.9. The van der Waals surface area contributed by atoms with Crippen LogP contribution in [0.4, 0.5) is 4.39 Å². The molecule has 1 saturated heterocycles. The van der Waals surface area contributed by atoms with Crippen LogP contribution >= 0.6 is 0 Å². The molecule has 0 aromatic heterocycles. The number of hydrogen-bond donors (Lipinski definition) is 1. The third-order valence-electron chi connectivity index (χ3n) is 6.57. The summed E-state index contributed by atoms with van der Waals surface area (Å²) in [6.07, 6.45) is 4.09. The zero-order chi connectivity index (χ0) is 21.8. The second-order valence-electron chi connectivity index (χ2n) is 8.56. The minimum absolute atomic E-state index is 0.0844. The Labute approximate surface area is 182 Å². The Hall–Kier alpha value is -2.89. The number of carbonyl (C=O) groups excluding carboxylic acids is 2. The standard InChI is InChI=1S/C25H29FN2O3/c1-31-21-8-4-7-19(13-21)22-15-28(25(30)18-5-2-3-6-18)16-23(22)24(29)27-14-17-9-11-20(26)12-10-17/h4,7-13,18,22-23H,2-3,5-6,14-16H2,1H3,(H,27,29)/t22-,23-/m0/s1. The summed E-state index contributed by atoms with van der Waals surface area (Å²) in [5, 5.41) is 2.99. The number of nitrogens with zero attached hydrogens (tertiary/aromatic N) is 1. The van der Waals surface area contributed by atoms with Gasteiger partial charge in [0.2, 0.25) is 11.8 Å². The molecule has 31 heavy (non-hydrogen) atoms. The number of methoxy groups -OCH3 is 1. The molecule has 5 nitrogen and oxygen atoms in total. The molecule has 1 aliphatic carbocycles. The molecule has 4 rings (SSSR count). The molecule has 164 valence electrons. The van der Waals surface area contributed by atoms with Crippen LogP contribution in [0.1, 0.15) is 42.7 Å². The van der Waals surface area contributed by atoms with Crippen molar-refractivity contribution >= 4 is 11.8 Å². The molecule has 2 amide bonds. The van der Waals surface area contributed by atoms with Gasteiger partial charge < -0.3 is 15.0 Å². The molecule has 2 aliphatic rings. The molecule has 1 aliphatic heterocycles. The zero-order valence-electron chi connectivity index (χ0n) is 17.9. The number of nitrogens with one attached hydrogen (secondary N) is 1. The van der Waals surface area contributed by atoms with E-state index in [1.165, 1.54) is 12.1 Å².